The van der Waals surface area contributed by atoms with Crippen LogP contribution in [-0.4, -0.2) is 40.5 Å². The first-order valence-corrected chi connectivity index (χ1v) is 8.62. The summed E-state index contributed by atoms with van der Waals surface area (Å²) >= 11 is 0. The molecule has 1 aromatic rings. The Labute approximate surface area is 143 Å². The number of carbonyl (C=O) groups excluding carboxylic acids is 2. The van der Waals surface area contributed by atoms with E-state index in [0.29, 0.717) is 38.9 Å². The van der Waals surface area contributed by atoms with E-state index in [1.54, 1.807) is 0 Å². The highest BCUT2D eigenvalue weighted by atomic mass is 16.7. The molecule has 2 amide bonds. The van der Waals surface area contributed by atoms with Crippen molar-refractivity contribution in [1.29, 1.82) is 0 Å². The number of hydrogen-bond acceptors (Lipinski definition) is 3. The summed E-state index contributed by atoms with van der Waals surface area (Å²) < 4.78 is 0. The Hall–Kier alpha value is -1.88. The van der Waals surface area contributed by atoms with Gasteiger partial charge < -0.3 is 4.90 Å². The van der Waals surface area contributed by atoms with Gasteiger partial charge in [-0.15, -0.1) is 0 Å². The number of nitrogens with zero attached hydrogens (tertiary/aromatic N) is 2. The number of hydroxylamine groups is 2. The molecule has 5 heteroatoms. The van der Waals surface area contributed by atoms with Crippen LogP contribution in [0.15, 0.2) is 30.3 Å². The van der Waals surface area contributed by atoms with E-state index in [1.807, 2.05) is 56.0 Å². The van der Waals surface area contributed by atoms with Crippen molar-refractivity contribution in [3.63, 3.8) is 0 Å². The minimum atomic E-state index is -0.430. The topological polar surface area (TPSA) is 49.9 Å². The van der Waals surface area contributed by atoms with Crippen LogP contribution in [0.25, 0.3) is 0 Å². The molecule has 0 radical (unpaired) electrons. The summed E-state index contributed by atoms with van der Waals surface area (Å²) in [5.74, 6) is 0.206. The number of piperidine rings is 1. The normalized spacial score (nSPS) is 20.7. The van der Waals surface area contributed by atoms with E-state index < -0.39 is 5.60 Å². The summed E-state index contributed by atoms with van der Waals surface area (Å²) in [5, 5.41) is 1.50. The first-order valence-electron chi connectivity index (χ1n) is 8.62. The standard InChI is InChI=1S/C19H26N2O3/c1-18(2,3)17(23)20-11-9-19(10-12-20)13-16(22)21(24-19)14-15-7-5-4-6-8-15/h4-8H,9-14H2,1-3H3. The van der Waals surface area contributed by atoms with Crippen LogP contribution in [0.3, 0.4) is 0 Å². The Morgan fingerprint density at radius 1 is 1.17 bits per heavy atom. The van der Waals surface area contributed by atoms with Gasteiger partial charge in [0.25, 0.3) is 0 Å². The molecule has 0 aliphatic carbocycles. The molecule has 0 aromatic heterocycles. The highest BCUT2D eigenvalue weighted by Crippen LogP contribution is 2.38. The lowest BCUT2D eigenvalue weighted by atomic mass is 9.86. The van der Waals surface area contributed by atoms with Gasteiger partial charge in [0.1, 0.15) is 5.60 Å². The number of benzene rings is 1. The molecule has 2 saturated heterocycles. The average molecular weight is 330 g/mol. The lowest BCUT2D eigenvalue weighted by Gasteiger charge is -2.40. The van der Waals surface area contributed by atoms with Crippen molar-refractivity contribution in [3.05, 3.63) is 35.9 Å². The van der Waals surface area contributed by atoms with Crippen molar-refractivity contribution < 1.29 is 14.4 Å². The Morgan fingerprint density at radius 2 is 1.79 bits per heavy atom. The molecule has 0 saturated carbocycles. The number of hydrogen-bond donors (Lipinski definition) is 0. The van der Waals surface area contributed by atoms with Gasteiger partial charge in [0.2, 0.25) is 11.8 Å². The van der Waals surface area contributed by atoms with Gasteiger partial charge in [0, 0.05) is 18.5 Å². The SMILES string of the molecule is CC(C)(C)C(=O)N1CCC2(CC1)CC(=O)N(Cc1ccccc1)O2. The van der Waals surface area contributed by atoms with Crippen molar-refractivity contribution in [3.8, 4) is 0 Å². The fraction of sp³-hybridized carbons (Fsp3) is 0.579. The summed E-state index contributed by atoms with van der Waals surface area (Å²) in [7, 11) is 0. The molecule has 5 nitrogen and oxygen atoms in total. The minimum Gasteiger partial charge on any atom is -0.342 e. The van der Waals surface area contributed by atoms with Gasteiger partial charge in [-0.2, -0.15) is 0 Å². The van der Waals surface area contributed by atoms with E-state index in [2.05, 4.69) is 0 Å². The lowest BCUT2D eigenvalue weighted by molar-refractivity contribution is -0.215. The molecule has 3 rings (SSSR count). The molecule has 2 heterocycles. The first kappa shape index (κ1) is 17.0. The van der Waals surface area contributed by atoms with Gasteiger partial charge in [-0.1, -0.05) is 51.1 Å². The van der Waals surface area contributed by atoms with Crippen molar-refractivity contribution in [2.45, 2.75) is 52.2 Å². The van der Waals surface area contributed by atoms with Gasteiger partial charge in [-0.25, -0.2) is 5.06 Å². The maximum absolute atomic E-state index is 12.4. The monoisotopic (exact) mass is 330 g/mol. The van der Waals surface area contributed by atoms with Crippen LogP contribution < -0.4 is 0 Å². The average Bonchev–Trinajstić information content (AvgIpc) is 2.83. The molecule has 0 bridgehead atoms. The van der Waals surface area contributed by atoms with E-state index in [4.69, 9.17) is 4.84 Å². The van der Waals surface area contributed by atoms with Crippen molar-refractivity contribution >= 4 is 11.8 Å². The van der Waals surface area contributed by atoms with Crippen LogP contribution in [0.2, 0.25) is 0 Å². The molecule has 1 spiro atoms. The van der Waals surface area contributed by atoms with Crippen LogP contribution in [0.4, 0.5) is 0 Å². The molecule has 24 heavy (non-hydrogen) atoms. The fourth-order valence-corrected chi connectivity index (χ4v) is 3.41. The maximum atomic E-state index is 12.4. The molecular formula is C19H26N2O3. The van der Waals surface area contributed by atoms with E-state index in [0.717, 1.165) is 5.56 Å². The molecule has 130 valence electrons. The largest absolute Gasteiger partial charge is 0.342 e. The zero-order valence-corrected chi connectivity index (χ0v) is 14.7. The summed E-state index contributed by atoms with van der Waals surface area (Å²) in [6.07, 6.45) is 1.84. The van der Waals surface area contributed by atoms with Crippen molar-refractivity contribution in [2.75, 3.05) is 13.1 Å². The van der Waals surface area contributed by atoms with Crippen LogP contribution >= 0.6 is 0 Å². The minimum absolute atomic E-state index is 0.0365. The van der Waals surface area contributed by atoms with Crippen molar-refractivity contribution in [2.24, 2.45) is 5.41 Å². The predicted molar refractivity (Wildman–Crippen MR) is 90.7 cm³/mol. The second kappa shape index (κ2) is 6.20. The highest BCUT2D eigenvalue weighted by Gasteiger charge is 2.47. The molecule has 0 unspecified atom stereocenters. The van der Waals surface area contributed by atoms with Gasteiger partial charge in [-0.05, 0) is 18.4 Å². The molecule has 0 atom stereocenters. The Morgan fingerprint density at radius 3 is 2.38 bits per heavy atom. The zero-order valence-electron chi connectivity index (χ0n) is 14.7. The van der Waals surface area contributed by atoms with Crippen LogP contribution in [0.5, 0.6) is 0 Å². The second-order valence-electron chi connectivity index (χ2n) is 7.91. The quantitative estimate of drug-likeness (QED) is 0.838. The number of amides is 2. The summed E-state index contributed by atoms with van der Waals surface area (Å²) in [6, 6.07) is 9.86. The Balaban J connectivity index is 1.61. The number of likely N-dealkylation sites (tertiary alicyclic amines) is 1. The van der Waals surface area contributed by atoms with Crippen molar-refractivity contribution in [1.82, 2.24) is 9.96 Å². The molecule has 2 aliphatic heterocycles. The van der Waals surface area contributed by atoms with E-state index in [-0.39, 0.29) is 17.2 Å². The van der Waals surface area contributed by atoms with Crippen LogP contribution in [-0.2, 0) is 21.0 Å². The first-order chi connectivity index (χ1) is 11.3. The molecule has 0 N–H and O–H groups in total. The second-order valence-corrected chi connectivity index (χ2v) is 7.91. The highest BCUT2D eigenvalue weighted by molar-refractivity contribution is 5.82. The smallest absolute Gasteiger partial charge is 0.249 e. The van der Waals surface area contributed by atoms with Crippen LogP contribution in [0.1, 0.15) is 45.6 Å². The molecular weight excluding hydrogens is 304 g/mol. The fourth-order valence-electron chi connectivity index (χ4n) is 3.41. The third kappa shape index (κ3) is 3.46. The molecule has 2 fully saturated rings. The maximum Gasteiger partial charge on any atom is 0.249 e. The van der Waals surface area contributed by atoms with E-state index in [1.165, 1.54) is 5.06 Å². The van der Waals surface area contributed by atoms with E-state index >= 15 is 0 Å². The third-order valence-corrected chi connectivity index (χ3v) is 4.83. The van der Waals surface area contributed by atoms with Gasteiger partial charge in [-0.3, -0.25) is 14.4 Å². The Kier molecular flexibility index (Phi) is 4.38. The summed E-state index contributed by atoms with van der Waals surface area (Å²) in [5.41, 5.74) is 0.264. The van der Waals surface area contributed by atoms with Gasteiger partial charge >= 0.3 is 0 Å². The van der Waals surface area contributed by atoms with Gasteiger partial charge in [0.15, 0.2) is 0 Å². The Bertz CT molecular complexity index is 613. The summed E-state index contributed by atoms with van der Waals surface area (Å²) in [6.45, 7) is 7.61. The lowest BCUT2D eigenvalue weighted by Crippen LogP contribution is -2.49. The number of rotatable bonds is 2. The zero-order chi connectivity index (χ0) is 17.4. The summed E-state index contributed by atoms with van der Waals surface area (Å²) in [4.78, 5) is 32.7. The molecule has 1 aromatic carbocycles. The number of carbonyl (C=O) groups is 2. The van der Waals surface area contributed by atoms with E-state index in [9.17, 15) is 9.59 Å². The molecule has 2 aliphatic rings. The predicted octanol–water partition coefficient (Wildman–Crippen LogP) is 2.76. The van der Waals surface area contributed by atoms with Crippen LogP contribution in [0, 0.1) is 5.41 Å². The van der Waals surface area contributed by atoms with Gasteiger partial charge in [0.05, 0.1) is 13.0 Å². The third-order valence-electron chi connectivity index (χ3n) is 4.83.